The second-order valence-corrected chi connectivity index (χ2v) is 10.8. The molecular weight excluding hydrogens is 256 g/mol. The second kappa shape index (κ2) is 5.29. The van der Waals surface area contributed by atoms with E-state index in [0.717, 1.165) is 0 Å². The Balaban J connectivity index is 2.32. The SMILES string of the molecule is Cc1ccc(C(Cl)[Si](C)(C)c2ccccc2)cc1. The molecule has 2 heteroatoms. The van der Waals surface area contributed by atoms with Crippen molar-refractivity contribution in [1.29, 1.82) is 0 Å². The summed E-state index contributed by atoms with van der Waals surface area (Å²) in [5.41, 5.74) is 2.52. The van der Waals surface area contributed by atoms with Crippen LogP contribution in [0.15, 0.2) is 54.6 Å². The summed E-state index contributed by atoms with van der Waals surface area (Å²) in [6.45, 7) is 6.77. The van der Waals surface area contributed by atoms with Gasteiger partial charge in [-0.05, 0) is 12.5 Å². The fourth-order valence-corrected chi connectivity index (χ4v) is 5.06. The van der Waals surface area contributed by atoms with Gasteiger partial charge in [-0.1, -0.05) is 78.4 Å². The first-order valence-corrected chi connectivity index (χ1v) is 9.79. The lowest BCUT2D eigenvalue weighted by atomic mass is 10.2. The number of halogens is 1. The van der Waals surface area contributed by atoms with Gasteiger partial charge >= 0.3 is 0 Å². The number of hydrogen-bond donors (Lipinski definition) is 0. The van der Waals surface area contributed by atoms with Crippen LogP contribution in [0, 0.1) is 6.92 Å². The zero-order valence-corrected chi connectivity index (χ0v) is 12.9. The quantitative estimate of drug-likeness (QED) is 0.574. The summed E-state index contributed by atoms with van der Waals surface area (Å²) < 4.78 is 0. The van der Waals surface area contributed by atoms with E-state index in [1.54, 1.807) is 0 Å². The van der Waals surface area contributed by atoms with E-state index in [2.05, 4.69) is 74.6 Å². The van der Waals surface area contributed by atoms with Crippen molar-refractivity contribution in [2.24, 2.45) is 0 Å². The monoisotopic (exact) mass is 274 g/mol. The highest BCUT2D eigenvalue weighted by molar-refractivity contribution is 6.95. The van der Waals surface area contributed by atoms with Gasteiger partial charge in [-0.3, -0.25) is 0 Å². The van der Waals surface area contributed by atoms with Crippen molar-refractivity contribution in [2.45, 2.75) is 25.0 Å². The molecule has 0 heterocycles. The maximum atomic E-state index is 6.75. The van der Waals surface area contributed by atoms with Gasteiger partial charge in [-0.2, -0.15) is 0 Å². The average molecular weight is 275 g/mol. The highest BCUT2D eigenvalue weighted by atomic mass is 35.5. The molecule has 0 saturated heterocycles. The van der Waals surface area contributed by atoms with E-state index in [9.17, 15) is 0 Å². The molecule has 0 nitrogen and oxygen atoms in total. The molecule has 0 aliphatic carbocycles. The summed E-state index contributed by atoms with van der Waals surface area (Å²) in [6, 6.07) is 19.3. The van der Waals surface area contributed by atoms with Gasteiger partial charge in [-0.25, -0.2) is 0 Å². The van der Waals surface area contributed by atoms with Crippen molar-refractivity contribution < 1.29 is 0 Å². The lowest BCUT2D eigenvalue weighted by Gasteiger charge is -2.29. The molecule has 2 rings (SSSR count). The zero-order chi connectivity index (χ0) is 13.2. The first-order chi connectivity index (χ1) is 8.51. The maximum Gasteiger partial charge on any atom is 0.105 e. The molecule has 0 amide bonds. The van der Waals surface area contributed by atoms with Gasteiger partial charge < -0.3 is 0 Å². The van der Waals surface area contributed by atoms with Crippen molar-refractivity contribution in [1.82, 2.24) is 0 Å². The Morgan fingerprint density at radius 2 is 1.44 bits per heavy atom. The number of benzene rings is 2. The van der Waals surface area contributed by atoms with Gasteiger partial charge in [0.2, 0.25) is 0 Å². The third-order valence-electron chi connectivity index (χ3n) is 3.52. The van der Waals surface area contributed by atoms with Crippen LogP contribution in [0.1, 0.15) is 16.1 Å². The predicted octanol–water partition coefficient (Wildman–Crippen LogP) is 4.43. The molecule has 1 unspecified atom stereocenters. The Kier molecular flexibility index (Phi) is 3.93. The van der Waals surface area contributed by atoms with E-state index in [1.807, 2.05) is 0 Å². The normalized spacial score (nSPS) is 13.3. The molecule has 0 saturated carbocycles. The topological polar surface area (TPSA) is 0 Å². The van der Waals surface area contributed by atoms with Crippen molar-refractivity contribution >= 4 is 24.9 Å². The fraction of sp³-hybridized carbons (Fsp3) is 0.250. The van der Waals surface area contributed by atoms with E-state index in [4.69, 9.17) is 11.6 Å². The van der Waals surface area contributed by atoms with Crippen LogP contribution in [0.25, 0.3) is 0 Å². The lowest BCUT2D eigenvalue weighted by Crippen LogP contribution is -2.45. The van der Waals surface area contributed by atoms with Crippen LogP contribution in [0.3, 0.4) is 0 Å². The molecule has 0 radical (unpaired) electrons. The number of hydrogen-bond acceptors (Lipinski definition) is 0. The van der Waals surface area contributed by atoms with E-state index in [-0.39, 0.29) is 5.00 Å². The van der Waals surface area contributed by atoms with Crippen LogP contribution in [-0.4, -0.2) is 8.07 Å². The first-order valence-electron chi connectivity index (χ1n) is 6.28. The molecule has 0 spiro atoms. The number of alkyl halides is 1. The summed E-state index contributed by atoms with van der Waals surface area (Å²) in [6.07, 6.45) is 0. The zero-order valence-electron chi connectivity index (χ0n) is 11.2. The maximum absolute atomic E-state index is 6.75. The summed E-state index contributed by atoms with van der Waals surface area (Å²) in [4.78, 5) is 0. The summed E-state index contributed by atoms with van der Waals surface area (Å²) >= 11 is 6.75. The predicted molar refractivity (Wildman–Crippen MR) is 83.3 cm³/mol. The Hall–Kier alpha value is -1.05. The number of aryl methyl sites for hydroxylation is 1. The van der Waals surface area contributed by atoms with Crippen LogP contribution in [0.5, 0.6) is 0 Å². The van der Waals surface area contributed by atoms with Crippen LogP contribution < -0.4 is 5.19 Å². The van der Waals surface area contributed by atoms with Crippen molar-refractivity contribution in [3.63, 3.8) is 0 Å². The van der Waals surface area contributed by atoms with Crippen molar-refractivity contribution in [2.75, 3.05) is 0 Å². The third-order valence-corrected chi connectivity index (χ3v) is 8.83. The molecule has 94 valence electrons. The van der Waals surface area contributed by atoms with Gasteiger partial charge in [0.15, 0.2) is 0 Å². The number of rotatable bonds is 3. The van der Waals surface area contributed by atoms with Crippen LogP contribution in [-0.2, 0) is 0 Å². The standard InChI is InChI=1S/C16H19ClSi/c1-13-9-11-14(12-10-13)16(17)18(2,3)15-7-5-4-6-8-15/h4-12,16H,1-3H3. The largest absolute Gasteiger partial charge is 0.121 e. The molecule has 0 aliphatic rings. The second-order valence-electron chi connectivity index (χ2n) is 5.36. The van der Waals surface area contributed by atoms with Gasteiger partial charge in [0.05, 0.1) is 5.00 Å². The van der Waals surface area contributed by atoms with Crippen LogP contribution in [0.2, 0.25) is 13.1 Å². The Bertz CT molecular complexity index is 502. The van der Waals surface area contributed by atoms with Crippen LogP contribution >= 0.6 is 11.6 Å². The van der Waals surface area contributed by atoms with Crippen molar-refractivity contribution in [3.8, 4) is 0 Å². The minimum absolute atomic E-state index is 0.112. The van der Waals surface area contributed by atoms with Gasteiger partial charge in [0.1, 0.15) is 8.07 Å². The molecule has 0 bridgehead atoms. The minimum Gasteiger partial charge on any atom is -0.121 e. The molecule has 2 aromatic rings. The van der Waals surface area contributed by atoms with E-state index < -0.39 is 8.07 Å². The van der Waals surface area contributed by atoms with Gasteiger partial charge in [0.25, 0.3) is 0 Å². The van der Waals surface area contributed by atoms with Crippen molar-refractivity contribution in [3.05, 3.63) is 65.7 Å². The summed E-state index contributed by atoms with van der Waals surface area (Å²) in [5.74, 6) is 0. The molecule has 0 N–H and O–H groups in total. The minimum atomic E-state index is -1.68. The molecular formula is C16H19ClSi. The highest BCUT2D eigenvalue weighted by Crippen LogP contribution is 2.30. The highest BCUT2D eigenvalue weighted by Gasteiger charge is 2.33. The Morgan fingerprint density at radius 1 is 0.889 bits per heavy atom. The Morgan fingerprint density at radius 3 is 2.00 bits per heavy atom. The molecule has 1 atom stereocenters. The molecule has 2 aromatic carbocycles. The smallest absolute Gasteiger partial charge is 0.105 e. The summed E-state index contributed by atoms with van der Waals surface area (Å²) in [5, 5.41) is 1.52. The Labute approximate surface area is 116 Å². The van der Waals surface area contributed by atoms with E-state index in [1.165, 1.54) is 16.3 Å². The molecule has 0 fully saturated rings. The van der Waals surface area contributed by atoms with E-state index in [0.29, 0.717) is 0 Å². The fourth-order valence-electron chi connectivity index (χ4n) is 2.17. The van der Waals surface area contributed by atoms with Gasteiger partial charge in [-0.15, -0.1) is 11.6 Å². The molecule has 0 aliphatic heterocycles. The lowest BCUT2D eigenvalue weighted by molar-refractivity contribution is 1.26. The van der Waals surface area contributed by atoms with Gasteiger partial charge in [0, 0.05) is 0 Å². The van der Waals surface area contributed by atoms with Crippen LogP contribution in [0.4, 0.5) is 0 Å². The first kappa shape index (κ1) is 13.4. The summed E-state index contributed by atoms with van der Waals surface area (Å²) in [7, 11) is -1.68. The molecule has 18 heavy (non-hydrogen) atoms. The third kappa shape index (κ3) is 2.68. The average Bonchev–Trinajstić information content (AvgIpc) is 2.40. The van der Waals surface area contributed by atoms with E-state index >= 15 is 0 Å². The molecule has 0 aromatic heterocycles.